The molecule has 2 unspecified atom stereocenters. The second-order valence-corrected chi connectivity index (χ2v) is 5.11. The molecule has 0 radical (unpaired) electrons. The summed E-state index contributed by atoms with van der Waals surface area (Å²) in [6.45, 7) is 0.232. The van der Waals surface area contributed by atoms with Crippen LogP contribution in [-0.2, 0) is 14.3 Å². The molecule has 0 aromatic carbocycles. The molecule has 4 N–H and O–H groups in total. The lowest BCUT2D eigenvalue weighted by atomic mass is 10.2. The van der Waals surface area contributed by atoms with Gasteiger partial charge in [-0.2, -0.15) is 0 Å². The Morgan fingerprint density at radius 3 is 2.67 bits per heavy atom. The lowest BCUT2D eigenvalue weighted by Gasteiger charge is -2.34. The maximum Gasteiger partial charge on any atom is 0.334 e. The highest BCUT2D eigenvalue weighted by atomic mass is 16.5. The van der Waals surface area contributed by atoms with Crippen molar-refractivity contribution in [3.05, 3.63) is 0 Å². The molecule has 2 atom stereocenters. The molecule has 2 rings (SSSR count). The van der Waals surface area contributed by atoms with E-state index < -0.39 is 30.7 Å². The van der Waals surface area contributed by atoms with Crippen molar-refractivity contribution in [3.8, 4) is 0 Å². The molecular formula is C12H19N3O6. The van der Waals surface area contributed by atoms with Crippen LogP contribution in [-0.4, -0.2) is 77.5 Å². The van der Waals surface area contributed by atoms with E-state index in [1.54, 1.807) is 0 Å². The zero-order valence-electron chi connectivity index (χ0n) is 11.4. The summed E-state index contributed by atoms with van der Waals surface area (Å²) in [5, 5.41) is 22.8. The average molecular weight is 301 g/mol. The molecule has 1 saturated heterocycles. The minimum absolute atomic E-state index is 0.105. The molecule has 2 aliphatic rings. The summed E-state index contributed by atoms with van der Waals surface area (Å²) in [4.78, 5) is 35.9. The summed E-state index contributed by atoms with van der Waals surface area (Å²) >= 11 is 0. The number of carboxylic acids is 1. The van der Waals surface area contributed by atoms with Gasteiger partial charge in [0.1, 0.15) is 6.04 Å². The number of urea groups is 1. The van der Waals surface area contributed by atoms with Crippen molar-refractivity contribution in [3.63, 3.8) is 0 Å². The Bertz CT molecular complexity index is 425. The molecule has 0 spiro atoms. The summed E-state index contributed by atoms with van der Waals surface area (Å²) in [5.74, 6) is -1.69. The Morgan fingerprint density at radius 2 is 2.05 bits per heavy atom. The van der Waals surface area contributed by atoms with Crippen molar-refractivity contribution in [1.82, 2.24) is 15.5 Å². The molecule has 2 fully saturated rings. The van der Waals surface area contributed by atoms with E-state index in [2.05, 4.69) is 10.6 Å². The van der Waals surface area contributed by atoms with Crippen LogP contribution in [0.25, 0.3) is 0 Å². The Kier molecular flexibility index (Phi) is 4.97. The normalized spacial score (nSPS) is 23.3. The van der Waals surface area contributed by atoms with Gasteiger partial charge in [-0.25, -0.2) is 9.59 Å². The van der Waals surface area contributed by atoms with Crippen LogP contribution in [0.2, 0.25) is 0 Å². The first kappa shape index (κ1) is 15.5. The number of hydrogen-bond donors (Lipinski definition) is 4. The van der Waals surface area contributed by atoms with Gasteiger partial charge in [0.15, 0.2) is 6.10 Å². The van der Waals surface area contributed by atoms with Crippen LogP contribution >= 0.6 is 0 Å². The van der Waals surface area contributed by atoms with Crippen molar-refractivity contribution >= 4 is 17.9 Å². The quantitative estimate of drug-likeness (QED) is 0.470. The molecule has 9 nitrogen and oxygen atoms in total. The molecule has 21 heavy (non-hydrogen) atoms. The fraction of sp³-hybridized carbons (Fsp3) is 0.750. The summed E-state index contributed by atoms with van der Waals surface area (Å²) in [5.41, 5.74) is 0. The predicted octanol–water partition coefficient (Wildman–Crippen LogP) is -1.88. The summed E-state index contributed by atoms with van der Waals surface area (Å²) in [6, 6.07) is -1.14. The molecule has 1 heterocycles. The van der Waals surface area contributed by atoms with Crippen LogP contribution < -0.4 is 10.6 Å². The van der Waals surface area contributed by atoms with E-state index >= 15 is 0 Å². The lowest BCUT2D eigenvalue weighted by molar-refractivity contribution is -0.146. The third-order valence-corrected chi connectivity index (χ3v) is 3.35. The third kappa shape index (κ3) is 4.30. The smallest absolute Gasteiger partial charge is 0.334 e. The van der Waals surface area contributed by atoms with Crippen molar-refractivity contribution in [2.75, 3.05) is 26.3 Å². The second-order valence-electron chi connectivity index (χ2n) is 5.11. The van der Waals surface area contributed by atoms with Crippen LogP contribution in [0.5, 0.6) is 0 Å². The SMILES string of the molecule is O=C(O)C(O)CNC(=O)N1CCOCC1C(=O)NC1CC1. The van der Waals surface area contributed by atoms with Crippen molar-refractivity contribution in [2.45, 2.75) is 31.0 Å². The minimum Gasteiger partial charge on any atom is -0.479 e. The van der Waals surface area contributed by atoms with E-state index in [1.165, 1.54) is 4.90 Å². The number of hydrogen-bond acceptors (Lipinski definition) is 5. The Labute approximate surface area is 121 Å². The number of carboxylic acid groups (broad SMARTS) is 1. The van der Waals surface area contributed by atoms with E-state index in [0.717, 1.165) is 12.8 Å². The van der Waals surface area contributed by atoms with Crippen molar-refractivity contribution in [1.29, 1.82) is 0 Å². The van der Waals surface area contributed by atoms with Crippen LogP contribution in [0.15, 0.2) is 0 Å². The predicted molar refractivity (Wildman–Crippen MR) is 69.5 cm³/mol. The Morgan fingerprint density at radius 1 is 1.33 bits per heavy atom. The number of nitrogens with zero attached hydrogens (tertiary/aromatic N) is 1. The summed E-state index contributed by atoms with van der Waals surface area (Å²) < 4.78 is 5.22. The molecular weight excluding hydrogens is 282 g/mol. The standard InChI is InChI=1S/C12H19N3O6/c16-9(11(18)19)5-13-12(20)15-3-4-21-6-8(15)10(17)14-7-1-2-7/h7-9,16H,1-6H2,(H,13,20)(H,14,17)(H,18,19). The highest BCUT2D eigenvalue weighted by Crippen LogP contribution is 2.19. The molecule has 118 valence electrons. The van der Waals surface area contributed by atoms with Crippen LogP contribution in [0.1, 0.15) is 12.8 Å². The number of aliphatic carboxylic acids is 1. The molecule has 0 aromatic rings. The number of ether oxygens (including phenoxy) is 1. The van der Waals surface area contributed by atoms with E-state index in [-0.39, 0.29) is 25.1 Å². The van der Waals surface area contributed by atoms with Gasteiger partial charge in [-0.05, 0) is 12.8 Å². The first-order valence-corrected chi connectivity index (χ1v) is 6.82. The van der Waals surface area contributed by atoms with E-state index in [1.807, 2.05) is 0 Å². The van der Waals surface area contributed by atoms with Gasteiger partial charge in [-0.15, -0.1) is 0 Å². The monoisotopic (exact) mass is 301 g/mol. The van der Waals surface area contributed by atoms with Crippen molar-refractivity contribution in [2.24, 2.45) is 0 Å². The third-order valence-electron chi connectivity index (χ3n) is 3.35. The lowest BCUT2D eigenvalue weighted by Crippen LogP contribution is -2.59. The zero-order chi connectivity index (χ0) is 15.4. The van der Waals surface area contributed by atoms with Crippen molar-refractivity contribution < 1.29 is 29.3 Å². The molecule has 1 aliphatic carbocycles. The maximum atomic E-state index is 12.1. The molecule has 1 saturated carbocycles. The number of amides is 3. The van der Waals surface area contributed by atoms with Gasteiger partial charge in [0.25, 0.3) is 0 Å². The Hall–Kier alpha value is -1.87. The van der Waals surface area contributed by atoms with Gasteiger partial charge >= 0.3 is 12.0 Å². The zero-order valence-corrected chi connectivity index (χ0v) is 11.4. The van der Waals surface area contributed by atoms with Gasteiger partial charge in [-0.1, -0.05) is 0 Å². The van der Waals surface area contributed by atoms with Gasteiger partial charge < -0.3 is 30.5 Å². The van der Waals surface area contributed by atoms with E-state index in [9.17, 15) is 14.4 Å². The van der Waals surface area contributed by atoms with E-state index in [4.69, 9.17) is 14.9 Å². The molecule has 3 amide bonds. The van der Waals surface area contributed by atoms with Crippen LogP contribution in [0.4, 0.5) is 4.79 Å². The summed E-state index contributed by atoms with van der Waals surface area (Å²) in [7, 11) is 0. The van der Waals surface area contributed by atoms with E-state index in [0.29, 0.717) is 6.61 Å². The first-order chi connectivity index (χ1) is 9.99. The second kappa shape index (κ2) is 6.72. The largest absolute Gasteiger partial charge is 0.479 e. The number of nitrogens with one attached hydrogen (secondary N) is 2. The first-order valence-electron chi connectivity index (χ1n) is 6.82. The molecule has 9 heteroatoms. The molecule has 0 bridgehead atoms. The number of morpholine rings is 1. The number of carbonyl (C=O) groups excluding carboxylic acids is 2. The minimum atomic E-state index is -1.67. The van der Waals surface area contributed by atoms with Crippen LogP contribution in [0, 0.1) is 0 Å². The number of carbonyl (C=O) groups is 3. The maximum absolute atomic E-state index is 12.1. The number of aliphatic hydroxyl groups excluding tert-OH is 1. The van der Waals surface area contributed by atoms with Gasteiger partial charge in [0, 0.05) is 12.6 Å². The fourth-order valence-corrected chi connectivity index (χ4v) is 1.96. The van der Waals surface area contributed by atoms with Gasteiger partial charge in [0.05, 0.1) is 19.8 Å². The molecule has 0 aromatic heterocycles. The molecule has 1 aliphatic heterocycles. The number of aliphatic hydroxyl groups is 1. The fourth-order valence-electron chi connectivity index (χ4n) is 1.96. The van der Waals surface area contributed by atoms with Gasteiger partial charge in [0.2, 0.25) is 5.91 Å². The Balaban J connectivity index is 1.88. The highest BCUT2D eigenvalue weighted by molar-refractivity contribution is 5.88. The average Bonchev–Trinajstić information content (AvgIpc) is 3.28. The number of rotatable bonds is 5. The highest BCUT2D eigenvalue weighted by Gasteiger charge is 2.35. The van der Waals surface area contributed by atoms with Gasteiger partial charge in [-0.3, -0.25) is 4.79 Å². The summed E-state index contributed by atoms with van der Waals surface area (Å²) in [6.07, 6.45) is 0.209. The topological polar surface area (TPSA) is 128 Å². The van der Waals surface area contributed by atoms with Crippen LogP contribution in [0.3, 0.4) is 0 Å².